The van der Waals surface area contributed by atoms with Crippen molar-refractivity contribution in [3.63, 3.8) is 0 Å². The third-order valence-electron chi connectivity index (χ3n) is 2.68. The number of nitrogens with one attached hydrogen (secondary N) is 1. The van der Waals surface area contributed by atoms with Crippen LogP contribution >= 0.6 is 11.6 Å². The molecule has 0 saturated carbocycles. The van der Waals surface area contributed by atoms with Gasteiger partial charge < -0.3 is 15.0 Å². The molecular formula is C15H16ClN3O2. The van der Waals surface area contributed by atoms with Crippen LogP contribution in [-0.2, 0) is 4.79 Å². The molecule has 1 aromatic heterocycles. The number of carbonyl (C=O) groups is 1. The first kappa shape index (κ1) is 15.1. The van der Waals surface area contributed by atoms with Crippen LogP contribution in [-0.4, -0.2) is 31.6 Å². The predicted molar refractivity (Wildman–Crippen MR) is 84.1 cm³/mol. The second kappa shape index (κ2) is 6.95. The maximum absolute atomic E-state index is 11.9. The molecule has 0 saturated heterocycles. The molecule has 0 spiro atoms. The van der Waals surface area contributed by atoms with Gasteiger partial charge in [-0.15, -0.1) is 0 Å². The van der Waals surface area contributed by atoms with Crippen molar-refractivity contribution in [2.75, 3.05) is 30.9 Å². The van der Waals surface area contributed by atoms with E-state index >= 15 is 0 Å². The molecule has 0 atom stereocenters. The first-order valence-electron chi connectivity index (χ1n) is 6.37. The van der Waals surface area contributed by atoms with E-state index in [0.29, 0.717) is 22.3 Å². The number of rotatable bonds is 5. The summed E-state index contributed by atoms with van der Waals surface area (Å²) in [6, 6.07) is 10.6. The Balaban J connectivity index is 1.98. The molecule has 110 valence electrons. The molecule has 21 heavy (non-hydrogen) atoms. The summed E-state index contributed by atoms with van der Waals surface area (Å²) in [5.74, 6) is 0.892. The van der Waals surface area contributed by atoms with Gasteiger partial charge in [-0.05, 0) is 24.3 Å². The maximum Gasteiger partial charge on any atom is 0.262 e. The quantitative estimate of drug-likeness (QED) is 0.923. The predicted octanol–water partition coefficient (Wildman–Crippen LogP) is 2.82. The second-order valence-electron chi connectivity index (χ2n) is 4.54. The SMILES string of the molecule is CN(C)c1ncccc1NC(=O)COc1ccccc1Cl. The molecule has 0 aliphatic carbocycles. The Morgan fingerprint density at radius 3 is 2.76 bits per heavy atom. The van der Waals surface area contributed by atoms with E-state index in [1.807, 2.05) is 19.0 Å². The Kier molecular flexibility index (Phi) is 5.00. The number of para-hydroxylation sites is 1. The van der Waals surface area contributed by atoms with E-state index in [1.54, 1.807) is 42.6 Å². The fourth-order valence-electron chi connectivity index (χ4n) is 1.74. The second-order valence-corrected chi connectivity index (χ2v) is 4.94. The van der Waals surface area contributed by atoms with Crippen molar-refractivity contribution in [3.05, 3.63) is 47.6 Å². The summed E-state index contributed by atoms with van der Waals surface area (Å²) in [4.78, 5) is 18.0. The van der Waals surface area contributed by atoms with E-state index in [2.05, 4.69) is 10.3 Å². The van der Waals surface area contributed by atoms with E-state index in [-0.39, 0.29) is 12.5 Å². The number of hydrogen-bond acceptors (Lipinski definition) is 4. The van der Waals surface area contributed by atoms with E-state index < -0.39 is 0 Å². The molecule has 0 fully saturated rings. The number of halogens is 1. The normalized spacial score (nSPS) is 10.0. The summed E-state index contributed by atoms with van der Waals surface area (Å²) in [6.45, 7) is -0.120. The molecule has 2 aromatic rings. The average molecular weight is 306 g/mol. The summed E-state index contributed by atoms with van der Waals surface area (Å²) in [5.41, 5.74) is 0.634. The lowest BCUT2D eigenvalue weighted by Crippen LogP contribution is -2.22. The van der Waals surface area contributed by atoms with Crippen LogP contribution in [0.15, 0.2) is 42.6 Å². The molecule has 0 aliphatic rings. The highest BCUT2D eigenvalue weighted by Gasteiger charge is 2.10. The van der Waals surface area contributed by atoms with Crippen LogP contribution in [0.3, 0.4) is 0 Å². The lowest BCUT2D eigenvalue weighted by atomic mass is 10.3. The molecule has 0 radical (unpaired) electrons. The molecule has 5 nitrogen and oxygen atoms in total. The Hall–Kier alpha value is -2.27. The summed E-state index contributed by atoms with van der Waals surface area (Å²) in [6.07, 6.45) is 1.67. The lowest BCUT2D eigenvalue weighted by molar-refractivity contribution is -0.118. The highest BCUT2D eigenvalue weighted by atomic mass is 35.5. The third kappa shape index (κ3) is 4.10. The third-order valence-corrected chi connectivity index (χ3v) is 2.99. The van der Waals surface area contributed by atoms with Gasteiger partial charge in [0.15, 0.2) is 12.4 Å². The number of carbonyl (C=O) groups excluding carboxylic acids is 1. The van der Waals surface area contributed by atoms with Crippen molar-refractivity contribution < 1.29 is 9.53 Å². The molecule has 2 rings (SSSR count). The van der Waals surface area contributed by atoms with Crippen LogP contribution in [0.5, 0.6) is 5.75 Å². The number of benzene rings is 1. The number of nitrogens with zero attached hydrogens (tertiary/aromatic N) is 2. The average Bonchev–Trinajstić information content (AvgIpc) is 2.47. The van der Waals surface area contributed by atoms with Crippen LogP contribution in [0.2, 0.25) is 5.02 Å². The Labute approximate surface area is 128 Å². The van der Waals surface area contributed by atoms with Gasteiger partial charge in [-0.3, -0.25) is 4.79 Å². The number of hydrogen-bond donors (Lipinski definition) is 1. The molecule has 0 unspecified atom stereocenters. The molecule has 0 bridgehead atoms. The van der Waals surface area contributed by atoms with Crippen molar-refractivity contribution in [2.24, 2.45) is 0 Å². The first-order valence-corrected chi connectivity index (χ1v) is 6.75. The molecule has 1 amide bonds. The van der Waals surface area contributed by atoms with E-state index in [0.717, 1.165) is 0 Å². The van der Waals surface area contributed by atoms with Gasteiger partial charge in [0.25, 0.3) is 5.91 Å². The van der Waals surface area contributed by atoms with Gasteiger partial charge in [-0.1, -0.05) is 23.7 Å². The summed E-state index contributed by atoms with van der Waals surface area (Å²) in [5, 5.41) is 3.24. The molecule has 1 N–H and O–H groups in total. The first-order chi connectivity index (χ1) is 10.1. The molecular weight excluding hydrogens is 290 g/mol. The molecule has 1 aromatic carbocycles. The van der Waals surface area contributed by atoms with Crippen molar-refractivity contribution in [2.45, 2.75) is 0 Å². The molecule has 0 aliphatic heterocycles. The zero-order valence-corrected chi connectivity index (χ0v) is 12.6. The fraction of sp³-hybridized carbons (Fsp3) is 0.200. The van der Waals surface area contributed by atoms with Gasteiger partial charge >= 0.3 is 0 Å². The Bertz CT molecular complexity index is 632. The van der Waals surface area contributed by atoms with Crippen LogP contribution in [0.1, 0.15) is 0 Å². The van der Waals surface area contributed by atoms with E-state index in [1.165, 1.54) is 0 Å². The van der Waals surface area contributed by atoms with Gasteiger partial charge in [0.1, 0.15) is 5.75 Å². The van der Waals surface area contributed by atoms with Gasteiger partial charge in [-0.2, -0.15) is 0 Å². The summed E-state index contributed by atoms with van der Waals surface area (Å²) >= 11 is 5.96. The summed E-state index contributed by atoms with van der Waals surface area (Å²) in [7, 11) is 3.72. The number of anilines is 2. The zero-order valence-electron chi connectivity index (χ0n) is 11.8. The van der Waals surface area contributed by atoms with Crippen molar-refractivity contribution >= 4 is 29.0 Å². The number of aromatic nitrogens is 1. The highest BCUT2D eigenvalue weighted by molar-refractivity contribution is 6.32. The van der Waals surface area contributed by atoms with Crippen LogP contribution in [0.25, 0.3) is 0 Å². The zero-order chi connectivity index (χ0) is 15.2. The van der Waals surface area contributed by atoms with E-state index in [9.17, 15) is 4.79 Å². The van der Waals surface area contributed by atoms with E-state index in [4.69, 9.17) is 16.3 Å². The van der Waals surface area contributed by atoms with Crippen molar-refractivity contribution in [3.8, 4) is 5.75 Å². The van der Waals surface area contributed by atoms with Crippen LogP contribution in [0, 0.1) is 0 Å². The fourth-order valence-corrected chi connectivity index (χ4v) is 1.93. The molecule has 1 heterocycles. The van der Waals surface area contributed by atoms with Crippen molar-refractivity contribution in [1.29, 1.82) is 0 Å². The van der Waals surface area contributed by atoms with Gasteiger partial charge in [0.2, 0.25) is 0 Å². The minimum atomic E-state index is -0.272. The largest absolute Gasteiger partial charge is 0.482 e. The minimum Gasteiger partial charge on any atom is -0.482 e. The lowest BCUT2D eigenvalue weighted by Gasteiger charge is -2.16. The Morgan fingerprint density at radius 2 is 2.05 bits per heavy atom. The summed E-state index contributed by atoms with van der Waals surface area (Å²) < 4.78 is 5.39. The minimum absolute atomic E-state index is 0.120. The standard InChI is InChI=1S/C15H16ClN3O2/c1-19(2)15-12(7-5-9-17-15)18-14(20)10-21-13-8-4-3-6-11(13)16/h3-9H,10H2,1-2H3,(H,18,20). The number of ether oxygens (including phenoxy) is 1. The molecule has 6 heteroatoms. The number of amides is 1. The number of pyridine rings is 1. The van der Waals surface area contributed by atoms with Crippen LogP contribution < -0.4 is 15.0 Å². The Morgan fingerprint density at radius 1 is 1.29 bits per heavy atom. The highest BCUT2D eigenvalue weighted by Crippen LogP contribution is 2.23. The van der Waals surface area contributed by atoms with Crippen LogP contribution in [0.4, 0.5) is 11.5 Å². The van der Waals surface area contributed by atoms with Gasteiger partial charge in [-0.25, -0.2) is 4.98 Å². The maximum atomic E-state index is 11.9. The topological polar surface area (TPSA) is 54.5 Å². The van der Waals surface area contributed by atoms with Crippen molar-refractivity contribution in [1.82, 2.24) is 4.98 Å². The smallest absolute Gasteiger partial charge is 0.262 e. The monoisotopic (exact) mass is 305 g/mol. The van der Waals surface area contributed by atoms with Gasteiger partial charge in [0.05, 0.1) is 10.7 Å². The van der Waals surface area contributed by atoms with Gasteiger partial charge in [0, 0.05) is 20.3 Å².